The Bertz CT molecular complexity index is 961. The minimum atomic E-state index is -1.16. The Hall–Kier alpha value is -3.06. The van der Waals surface area contributed by atoms with E-state index in [0.717, 1.165) is 10.5 Å². The average molecular weight is 367 g/mol. The smallest absolute Gasteiger partial charge is 0.314 e. The molecule has 0 fully saturated rings. The molecule has 0 radical (unpaired) electrons. The summed E-state index contributed by atoms with van der Waals surface area (Å²) in [5.74, 6) is 0.555. The van der Waals surface area contributed by atoms with Crippen LogP contribution in [-0.4, -0.2) is 14.1 Å². The summed E-state index contributed by atoms with van der Waals surface area (Å²) in [5.41, 5.74) is 2.01. The summed E-state index contributed by atoms with van der Waals surface area (Å²) in [4.78, 5) is 15.7. The minimum Gasteiger partial charge on any atom is -0.334 e. The molecule has 3 aromatic rings. The Kier molecular flexibility index (Phi) is 5.38. The van der Waals surface area contributed by atoms with Crippen LogP contribution in [0.15, 0.2) is 71.8 Å². The van der Waals surface area contributed by atoms with Gasteiger partial charge in [-0.25, -0.2) is 4.98 Å². The van der Waals surface area contributed by atoms with Gasteiger partial charge in [0.05, 0.1) is 21.5 Å². The Labute approximate surface area is 153 Å². The van der Waals surface area contributed by atoms with E-state index in [0.29, 0.717) is 17.0 Å². The first kappa shape index (κ1) is 17.8. The number of hydrogen-bond acceptors (Lipinski definition) is 5. The molecule has 0 saturated heterocycles. The summed E-state index contributed by atoms with van der Waals surface area (Å²) in [6.07, 6.45) is 1.53. The molecule has 1 N–H and O–H groups in total. The summed E-state index contributed by atoms with van der Waals surface area (Å²) in [6, 6.07) is 18.2. The second-order valence-electron chi connectivity index (χ2n) is 5.71. The van der Waals surface area contributed by atoms with Crippen LogP contribution in [0.4, 0.5) is 17.2 Å². The highest BCUT2D eigenvalue weighted by Crippen LogP contribution is 2.28. The molecular weight excluding hydrogens is 350 g/mol. The van der Waals surface area contributed by atoms with Crippen LogP contribution in [-0.2, 0) is 16.6 Å². The zero-order valence-corrected chi connectivity index (χ0v) is 14.9. The molecule has 3 rings (SSSR count). The maximum Gasteiger partial charge on any atom is 0.314 e. The normalized spacial score (nSPS) is 11.7. The van der Waals surface area contributed by atoms with Crippen LogP contribution in [0.5, 0.6) is 0 Å². The fourth-order valence-corrected chi connectivity index (χ4v) is 3.66. The maximum absolute atomic E-state index is 12.5. The molecule has 0 aliphatic carbocycles. The fraction of sp³-hybridized carbons (Fsp3) is 0.105. The standard InChI is InChI=1S/C19H17N3O3S/c1-14-10-11-20-19(18(14)22(23)24)21-16-7-5-6-15(12-16)13-26(25)17-8-3-2-4-9-17/h2-12H,13H2,1H3,(H,20,21). The number of benzene rings is 2. The third kappa shape index (κ3) is 4.12. The number of nitrogens with zero attached hydrogens (tertiary/aromatic N) is 2. The largest absolute Gasteiger partial charge is 0.334 e. The van der Waals surface area contributed by atoms with Crippen molar-refractivity contribution in [2.45, 2.75) is 17.6 Å². The van der Waals surface area contributed by atoms with Crippen molar-refractivity contribution in [2.75, 3.05) is 5.32 Å². The zero-order valence-electron chi connectivity index (χ0n) is 14.1. The molecule has 0 spiro atoms. The highest BCUT2D eigenvalue weighted by Gasteiger charge is 2.18. The molecule has 0 aliphatic rings. The molecule has 7 heteroatoms. The van der Waals surface area contributed by atoms with Gasteiger partial charge < -0.3 is 5.32 Å². The van der Waals surface area contributed by atoms with E-state index in [2.05, 4.69) is 10.3 Å². The lowest BCUT2D eigenvalue weighted by Crippen LogP contribution is -2.02. The monoisotopic (exact) mass is 367 g/mol. The molecule has 26 heavy (non-hydrogen) atoms. The second-order valence-corrected chi connectivity index (χ2v) is 7.16. The van der Waals surface area contributed by atoms with Crippen molar-refractivity contribution < 1.29 is 9.13 Å². The van der Waals surface area contributed by atoms with Gasteiger partial charge in [0.15, 0.2) is 0 Å². The average Bonchev–Trinajstić information content (AvgIpc) is 2.62. The van der Waals surface area contributed by atoms with Crippen molar-refractivity contribution in [3.05, 3.63) is 88.1 Å². The maximum atomic E-state index is 12.5. The van der Waals surface area contributed by atoms with E-state index in [1.54, 1.807) is 19.1 Å². The van der Waals surface area contributed by atoms with Crippen molar-refractivity contribution in [3.63, 3.8) is 0 Å². The van der Waals surface area contributed by atoms with Gasteiger partial charge in [0, 0.05) is 22.3 Å². The first-order chi connectivity index (χ1) is 12.5. The van der Waals surface area contributed by atoms with Crippen molar-refractivity contribution in [1.82, 2.24) is 4.98 Å². The molecule has 0 saturated carbocycles. The molecule has 1 atom stereocenters. The highest BCUT2D eigenvalue weighted by molar-refractivity contribution is 7.84. The predicted molar refractivity (Wildman–Crippen MR) is 102 cm³/mol. The molecule has 2 aromatic carbocycles. The zero-order chi connectivity index (χ0) is 18.5. The van der Waals surface area contributed by atoms with Crippen LogP contribution < -0.4 is 5.32 Å². The van der Waals surface area contributed by atoms with Gasteiger partial charge in [-0.2, -0.15) is 0 Å². The predicted octanol–water partition coefficient (Wildman–Crippen LogP) is 4.35. The third-order valence-electron chi connectivity index (χ3n) is 3.80. The number of aryl methyl sites for hydroxylation is 1. The fourth-order valence-electron chi connectivity index (χ4n) is 2.55. The third-order valence-corrected chi connectivity index (χ3v) is 5.20. The van der Waals surface area contributed by atoms with Crippen molar-refractivity contribution >= 4 is 28.0 Å². The van der Waals surface area contributed by atoms with E-state index in [1.807, 2.05) is 48.5 Å². The van der Waals surface area contributed by atoms with Crippen molar-refractivity contribution in [3.8, 4) is 0 Å². The Morgan fingerprint density at radius 3 is 2.62 bits per heavy atom. The minimum absolute atomic E-state index is 0.0502. The Morgan fingerprint density at radius 1 is 1.12 bits per heavy atom. The van der Waals surface area contributed by atoms with Gasteiger partial charge in [-0.1, -0.05) is 30.3 Å². The van der Waals surface area contributed by atoms with E-state index in [9.17, 15) is 14.3 Å². The summed E-state index contributed by atoms with van der Waals surface area (Å²) in [7, 11) is -1.16. The molecule has 1 aromatic heterocycles. The first-order valence-corrected chi connectivity index (χ1v) is 9.26. The number of rotatable bonds is 6. The first-order valence-electron chi connectivity index (χ1n) is 7.94. The molecule has 0 amide bonds. The lowest BCUT2D eigenvalue weighted by Gasteiger charge is -2.09. The van der Waals surface area contributed by atoms with Crippen LogP contribution in [0, 0.1) is 17.0 Å². The van der Waals surface area contributed by atoms with Crippen LogP contribution >= 0.6 is 0 Å². The summed E-state index contributed by atoms with van der Waals surface area (Å²) in [6.45, 7) is 1.67. The molecule has 6 nitrogen and oxygen atoms in total. The summed E-state index contributed by atoms with van der Waals surface area (Å²) < 4.78 is 12.5. The molecule has 132 valence electrons. The van der Waals surface area contributed by atoms with Gasteiger partial charge in [0.2, 0.25) is 5.82 Å². The van der Waals surface area contributed by atoms with Crippen LogP contribution in [0.3, 0.4) is 0 Å². The van der Waals surface area contributed by atoms with E-state index in [-0.39, 0.29) is 11.5 Å². The van der Waals surface area contributed by atoms with Gasteiger partial charge in [0.25, 0.3) is 0 Å². The highest BCUT2D eigenvalue weighted by atomic mass is 32.2. The van der Waals surface area contributed by atoms with Gasteiger partial charge >= 0.3 is 5.69 Å². The van der Waals surface area contributed by atoms with E-state index in [1.165, 1.54) is 6.20 Å². The molecule has 1 unspecified atom stereocenters. The SMILES string of the molecule is Cc1ccnc(Nc2cccc(CS(=O)c3ccccc3)c2)c1[N+](=O)[O-]. The van der Waals surface area contributed by atoms with Gasteiger partial charge in [-0.15, -0.1) is 0 Å². The number of anilines is 2. The van der Waals surface area contributed by atoms with Gasteiger partial charge in [-0.05, 0) is 42.8 Å². The topological polar surface area (TPSA) is 85.1 Å². The van der Waals surface area contributed by atoms with Gasteiger partial charge in [-0.3, -0.25) is 14.3 Å². The number of hydrogen-bond donors (Lipinski definition) is 1. The van der Waals surface area contributed by atoms with Crippen LogP contribution in [0.25, 0.3) is 0 Å². The summed E-state index contributed by atoms with van der Waals surface area (Å²) in [5, 5.41) is 14.3. The van der Waals surface area contributed by atoms with Crippen LogP contribution in [0.2, 0.25) is 0 Å². The number of nitro groups is 1. The molecular formula is C19H17N3O3S. The molecule has 1 heterocycles. The van der Waals surface area contributed by atoms with Gasteiger partial charge in [0.1, 0.15) is 0 Å². The molecule has 0 aliphatic heterocycles. The lowest BCUT2D eigenvalue weighted by atomic mass is 10.2. The Balaban J connectivity index is 1.82. The van der Waals surface area contributed by atoms with E-state index in [4.69, 9.17) is 0 Å². The van der Waals surface area contributed by atoms with Crippen LogP contribution in [0.1, 0.15) is 11.1 Å². The molecule has 0 bridgehead atoms. The van der Waals surface area contributed by atoms with E-state index < -0.39 is 15.7 Å². The Morgan fingerprint density at radius 2 is 1.88 bits per heavy atom. The number of nitrogens with one attached hydrogen (secondary N) is 1. The quantitative estimate of drug-likeness (QED) is 0.517. The van der Waals surface area contributed by atoms with Crippen molar-refractivity contribution in [1.29, 1.82) is 0 Å². The second kappa shape index (κ2) is 7.88. The number of pyridine rings is 1. The van der Waals surface area contributed by atoms with Crippen molar-refractivity contribution in [2.24, 2.45) is 0 Å². The van der Waals surface area contributed by atoms with E-state index >= 15 is 0 Å². The lowest BCUT2D eigenvalue weighted by molar-refractivity contribution is -0.384. The number of aromatic nitrogens is 1. The summed E-state index contributed by atoms with van der Waals surface area (Å²) >= 11 is 0.